The Kier molecular flexibility index (Phi) is 9.35. The number of alkyl halides is 3. The van der Waals surface area contributed by atoms with E-state index in [0.717, 1.165) is 30.3 Å². The van der Waals surface area contributed by atoms with Gasteiger partial charge < -0.3 is 15.4 Å². The summed E-state index contributed by atoms with van der Waals surface area (Å²) >= 11 is 7.04. The topological polar surface area (TPSA) is 101 Å². The van der Waals surface area contributed by atoms with Crippen molar-refractivity contribution in [3.8, 4) is 0 Å². The van der Waals surface area contributed by atoms with Gasteiger partial charge in [0.25, 0.3) is 5.91 Å². The molecule has 0 fully saturated rings. The first kappa shape index (κ1) is 30.5. The zero-order chi connectivity index (χ0) is 29.9. The van der Waals surface area contributed by atoms with Crippen LogP contribution in [0.3, 0.4) is 0 Å². The van der Waals surface area contributed by atoms with Crippen molar-refractivity contribution in [3.63, 3.8) is 0 Å². The molecule has 13 heteroatoms. The third-order valence-corrected chi connectivity index (χ3v) is 7.97. The molecule has 0 spiro atoms. The van der Waals surface area contributed by atoms with E-state index in [9.17, 15) is 27.6 Å². The van der Waals surface area contributed by atoms with Crippen molar-refractivity contribution in [3.05, 3.63) is 73.7 Å². The molecule has 2 heterocycles. The summed E-state index contributed by atoms with van der Waals surface area (Å²) < 4.78 is 47.3. The normalized spacial score (nSPS) is 13.6. The van der Waals surface area contributed by atoms with Crippen LogP contribution in [-0.2, 0) is 35.1 Å². The van der Waals surface area contributed by atoms with E-state index in [1.807, 2.05) is 0 Å². The molecule has 0 aliphatic carbocycles. The van der Waals surface area contributed by atoms with Crippen molar-refractivity contribution in [1.29, 1.82) is 0 Å². The van der Waals surface area contributed by atoms with Crippen LogP contribution in [-0.4, -0.2) is 47.4 Å². The van der Waals surface area contributed by atoms with Gasteiger partial charge in [0.15, 0.2) is 5.01 Å². The summed E-state index contributed by atoms with van der Waals surface area (Å²) in [5.41, 5.74) is -0.917. The molecule has 4 rings (SSSR count). The highest BCUT2D eigenvalue weighted by Gasteiger charge is 2.36. The number of halogens is 4. The number of hydrogen-bond acceptors (Lipinski definition) is 7. The Morgan fingerprint density at radius 1 is 1.15 bits per heavy atom. The van der Waals surface area contributed by atoms with Crippen LogP contribution < -0.4 is 10.6 Å². The van der Waals surface area contributed by atoms with Crippen LogP contribution in [0.25, 0.3) is 0 Å². The van der Waals surface area contributed by atoms with Gasteiger partial charge >= 0.3 is 12.1 Å². The number of esters is 1. The van der Waals surface area contributed by atoms with E-state index in [-0.39, 0.29) is 29.1 Å². The van der Waals surface area contributed by atoms with Gasteiger partial charge in [0.1, 0.15) is 0 Å². The lowest BCUT2D eigenvalue weighted by molar-refractivity contribution is -0.138. The first-order chi connectivity index (χ1) is 19.3. The summed E-state index contributed by atoms with van der Waals surface area (Å²) in [5, 5.41) is 5.69. The van der Waals surface area contributed by atoms with Gasteiger partial charge in [0.2, 0.25) is 5.91 Å². The van der Waals surface area contributed by atoms with Crippen LogP contribution in [0.4, 0.5) is 24.5 Å². The molecule has 1 aliphatic rings. The summed E-state index contributed by atoms with van der Waals surface area (Å²) in [7, 11) is 1.05. The fraction of sp³-hybridized carbons (Fsp3) is 0.357. The van der Waals surface area contributed by atoms with Gasteiger partial charge in [0, 0.05) is 53.2 Å². The van der Waals surface area contributed by atoms with Gasteiger partial charge in [-0.15, -0.1) is 11.3 Å². The summed E-state index contributed by atoms with van der Waals surface area (Å²) in [6.07, 6.45) is -4.93. The van der Waals surface area contributed by atoms with E-state index in [2.05, 4.69) is 39.1 Å². The number of ether oxygens (including phenoxy) is 1. The highest BCUT2D eigenvalue weighted by Crippen LogP contribution is 2.38. The predicted molar refractivity (Wildman–Crippen MR) is 151 cm³/mol. The van der Waals surface area contributed by atoms with Crippen LogP contribution in [0.1, 0.15) is 62.1 Å². The number of methoxy groups -OCH3 is 1. The summed E-state index contributed by atoms with van der Waals surface area (Å²) in [4.78, 5) is 45.7. The first-order valence-electron chi connectivity index (χ1n) is 12.8. The standard InChI is InChI=1S/C28H28ClF3N4O4S/c1-15(2)36-11-10-21-23(14-36)41-26(35-21)25(38)34-22-13-16(27(39)40-3)12-20(28(30,31)32)19(22)8-9-24(37)33-18-6-4-17(29)5-7-18/h4-7,12-13,15H,8-11,14H2,1-3H3,(H,33,37)(H,34,38). The maximum absolute atomic E-state index is 14.2. The highest BCUT2D eigenvalue weighted by molar-refractivity contribution is 7.13. The number of nitrogens with zero attached hydrogens (tertiary/aromatic N) is 2. The molecule has 0 atom stereocenters. The molecule has 0 bridgehead atoms. The maximum atomic E-state index is 14.2. The number of aromatic nitrogens is 1. The fourth-order valence-corrected chi connectivity index (χ4v) is 5.62. The number of benzene rings is 2. The molecule has 1 aromatic heterocycles. The monoisotopic (exact) mass is 608 g/mol. The number of nitrogens with one attached hydrogen (secondary N) is 2. The van der Waals surface area contributed by atoms with Crippen molar-refractivity contribution in [2.45, 2.75) is 51.9 Å². The Morgan fingerprint density at radius 2 is 1.85 bits per heavy atom. The molecular formula is C28H28ClF3N4O4S. The first-order valence-corrected chi connectivity index (χ1v) is 14.0. The van der Waals surface area contributed by atoms with Crippen molar-refractivity contribution in [2.75, 3.05) is 24.3 Å². The second kappa shape index (κ2) is 12.6. The predicted octanol–water partition coefficient (Wildman–Crippen LogP) is 6.19. The molecule has 218 valence electrons. The number of amides is 2. The van der Waals surface area contributed by atoms with Crippen molar-refractivity contribution in [2.24, 2.45) is 0 Å². The zero-order valence-corrected chi connectivity index (χ0v) is 24.1. The van der Waals surface area contributed by atoms with E-state index in [1.165, 1.54) is 11.3 Å². The average molecular weight is 609 g/mol. The van der Waals surface area contributed by atoms with E-state index < -0.39 is 35.1 Å². The van der Waals surface area contributed by atoms with Crippen LogP contribution in [0.5, 0.6) is 0 Å². The van der Waals surface area contributed by atoms with Crippen LogP contribution in [0.2, 0.25) is 5.02 Å². The van der Waals surface area contributed by atoms with Gasteiger partial charge in [-0.2, -0.15) is 13.2 Å². The van der Waals surface area contributed by atoms with Gasteiger partial charge in [-0.3, -0.25) is 14.5 Å². The molecule has 0 radical (unpaired) electrons. The van der Waals surface area contributed by atoms with Gasteiger partial charge in [-0.25, -0.2) is 9.78 Å². The smallest absolute Gasteiger partial charge is 0.416 e. The lowest BCUT2D eigenvalue weighted by atomic mass is 9.96. The lowest BCUT2D eigenvalue weighted by Crippen LogP contribution is -2.35. The summed E-state index contributed by atoms with van der Waals surface area (Å²) in [6.45, 7) is 5.56. The Bertz CT molecular complexity index is 1460. The largest absolute Gasteiger partial charge is 0.465 e. The van der Waals surface area contributed by atoms with E-state index in [4.69, 9.17) is 11.6 Å². The van der Waals surface area contributed by atoms with Gasteiger partial charge in [0.05, 0.1) is 23.9 Å². The van der Waals surface area contributed by atoms with Crippen LogP contribution in [0.15, 0.2) is 36.4 Å². The van der Waals surface area contributed by atoms with Crippen LogP contribution in [0, 0.1) is 0 Å². The minimum absolute atomic E-state index is 0.101. The molecule has 1 aliphatic heterocycles. The Hall–Kier alpha value is -3.48. The van der Waals surface area contributed by atoms with Gasteiger partial charge in [-0.05, 0) is 62.2 Å². The SMILES string of the molecule is COC(=O)c1cc(NC(=O)c2nc3c(s2)CN(C(C)C)CC3)c(CCC(=O)Nc2ccc(Cl)cc2)c(C(F)(F)F)c1. The Morgan fingerprint density at radius 3 is 2.49 bits per heavy atom. The number of carbonyl (C=O) groups excluding carboxylic acids is 3. The molecular weight excluding hydrogens is 581 g/mol. The molecule has 3 aromatic rings. The summed E-state index contributed by atoms with van der Waals surface area (Å²) in [5.74, 6) is -2.25. The van der Waals surface area contributed by atoms with Crippen molar-refractivity contribution < 1.29 is 32.3 Å². The van der Waals surface area contributed by atoms with Crippen molar-refractivity contribution in [1.82, 2.24) is 9.88 Å². The quantitative estimate of drug-likeness (QED) is 0.296. The molecule has 2 aromatic carbocycles. The number of fused-ring (bicyclic) bond motifs is 1. The molecule has 2 amide bonds. The van der Waals surface area contributed by atoms with Gasteiger partial charge in [-0.1, -0.05) is 11.6 Å². The highest BCUT2D eigenvalue weighted by atomic mass is 35.5. The van der Waals surface area contributed by atoms with E-state index in [0.29, 0.717) is 35.8 Å². The maximum Gasteiger partial charge on any atom is 0.416 e. The molecule has 8 nitrogen and oxygen atoms in total. The lowest BCUT2D eigenvalue weighted by Gasteiger charge is -2.29. The Balaban J connectivity index is 1.64. The second-order valence-corrected chi connectivity index (χ2v) is 11.3. The minimum atomic E-state index is -4.88. The second-order valence-electron chi connectivity index (χ2n) is 9.75. The van der Waals surface area contributed by atoms with E-state index >= 15 is 0 Å². The third-order valence-electron chi connectivity index (χ3n) is 6.64. The number of anilines is 2. The zero-order valence-electron chi connectivity index (χ0n) is 22.5. The number of rotatable bonds is 8. The number of hydrogen-bond donors (Lipinski definition) is 2. The molecule has 0 saturated heterocycles. The van der Waals surface area contributed by atoms with E-state index in [1.54, 1.807) is 24.3 Å². The Labute approximate surface area is 243 Å². The number of carbonyl (C=O) groups is 3. The fourth-order valence-electron chi connectivity index (χ4n) is 4.47. The third kappa shape index (κ3) is 7.43. The molecule has 0 unspecified atom stereocenters. The molecule has 41 heavy (non-hydrogen) atoms. The number of thiazole rings is 1. The molecule has 2 N–H and O–H groups in total. The van der Waals surface area contributed by atoms with Crippen LogP contribution >= 0.6 is 22.9 Å². The summed E-state index contributed by atoms with van der Waals surface area (Å²) in [6, 6.07) is 8.35. The minimum Gasteiger partial charge on any atom is -0.465 e. The molecule has 0 saturated carbocycles. The average Bonchev–Trinajstić information content (AvgIpc) is 3.36. The van der Waals surface area contributed by atoms with Crippen molar-refractivity contribution >= 4 is 52.1 Å².